The lowest BCUT2D eigenvalue weighted by Crippen LogP contribution is -1.90. The fourth-order valence-electron chi connectivity index (χ4n) is 1.15. The van der Waals surface area contributed by atoms with E-state index < -0.39 is 0 Å². The van der Waals surface area contributed by atoms with Gasteiger partial charge in [-0.1, -0.05) is 24.3 Å². The molecule has 0 aliphatic carbocycles. The average molecular weight is 197 g/mol. The second-order valence-corrected chi connectivity index (χ2v) is 3.02. The van der Waals surface area contributed by atoms with Gasteiger partial charge in [0.15, 0.2) is 0 Å². The Hall–Kier alpha value is -2.16. The zero-order valence-corrected chi connectivity index (χ0v) is 8.17. The minimum absolute atomic E-state index is 0.970. The van der Waals surface area contributed by atoms with Crippen LogP contribution in [0, 0.1) is 0 Å². The lowest BCUT2D eigenvalue weighted by molar-refractivity contribution is 1.30. The first kappa shape index (κ1) is 9.40. The Balaban J connectivity index is 1.97. The predicted molar refractivity (Wildman–Crippen MR) is 61.9 cm³/mol. The van der Waals surface area contributed by atoms with Crippen molar-refractivity contribution in [2.45, 2.75) is 0 Å². The molecule has 74 valence electrons. The summed E-state index contributed by atoms with van der Waals surface area (Å²) in [7, 11) is 0. The number of para-hydroxylation sites is 1. The van der Waals surface area contributed by atoms with Gasteiger partial charge in [-0.2, -0.15) is 5.10 Å². The van der Waals surface area contributed by atoms with Gasteiger partial charge in [0, 0.05) is 18.0 Å². The van der Waals surface area contributed by atoms with Gasteiger partial charge in [-0.15, -0.1) is 0 Å². The first-order valence-corrected chi connectivity index (χ1v) is 4.69. The lowest BCUT2D eigenvalue weighted by Gasteiger charge is -1.97. The quantitative estimate of drug-likeness (QED) is 0.606. The summed E-state index contributed by atoms with van der Waals surface area (Å²) in [4.78, 5) is 3.99. The Kier molecular flexibility index (Phi) is 3.07. The predicted octanol–water partition coefficient (Wildman–Crippen LogP) is 2.53. The summed E-state index contributed by atoms with van der Waals surface area (Å²) in [6.07, 6.45) is 5.23. The van der Waals surface area contributed by atoms with Crippen molar-refractivity contribution in [2.75, 3.05) is 5.43 Å². The van der Waals surface area contributed by atoms with E-state index in [1.165, 1.54) is 0 Å². The number of pyridine rings is 1. The molecule has 15 heavy (non-hydrogen) atoms. The van der Waals surface area contributed by atoms with Gasteiger partial charge >= 0.3 is 0 Å². The van der Waals surface area contributed by atoms with Gasteiger partial charge in [0.1, 0.15) is 0 Å². The number of aromatic nitrogens is 1. The number of hydrogen-bond acceptors (Lipinski definition) is 3. The van der Waals surface area contributed by atoms with E-state index in [0.717, 1.165) is 11.3 Å². The molecule has 0 aliphatic heterocycles. The van der Waals surface area contributed by atoms with E-state index in [-0.39, 0.29) is 0 Å². The number of nitrogens with one attached hydrogen (secondary N) is 1. The standard InChI is InChI=1S/C12H11N3/c1-2-6-12(7-3-1)15-14-10-11-5-4-8-13-9-11/h1-10,15H. The molecule has 0 fully saturated rings. The molecule has 0 amide bonds. The highest BCUT2D eigenvalue weighted by Crippen LogP contribution is 2.04. The topological polar surface area (TPSA) is 37.3 Å². The van der Waals surface area contributed by atoms with E-state index >= 15 is 0 Å². The van der Waals surface area contributed by atoms with Crippen molar-refractivity contribution in [1.82, 2.24) is 4.98 Å². The average Bonchev–Trinajstić information content (AvgIpc) is 2.32. The summed E-state index contributed by atoms with van der Waals surface area (Å²) in [6.45, 7) is 0. The second-order valence-electron chi connectivity index (χ2n) is 3.02. The van der Waals surface area contributed by atoms with E-state index in [1.807, 2.05) is 42.5 Å². The van der Waals surface area contributed by atoms with Gasteiger partial charge in [0.05, 0.1) is 11.9 Å². The van der Waals surface area contributed by atoms with Crippen LogP contribution in [-0.4, -0.2) is 11.2 Å². The minimum Gasteiger partial charge on any atom is -0.279 e. The molecule has 0 spiro atoms. The molecule has 1 N–H and O–H groups in total. The first-order valence-electron chi connectivity index (χ1n) is 4.69. The molecule has 1 aromatic carbocycles. The van der Waals surface area contributed by atoms with Crippen molar-refractivity contribution in [3.8, 4) is 0 Å². The van der Waals surface area contributed by atoms with E-state index in [1.54, 1.807) is 18.6 Å². The van der Waals surface area contributed by atoms with Crippen LogP contribution in [0.25, 0.3) is 0 Å². The number of nitrogens with zero attached hydrogens (tertiary/aromatic N) is 2. The van der Waals surface area contributed by atoms with Crippen LogP contribution in [0.15, 0.2) is 60.0 Å². The van der Waals surface area contributed by atoms with Crippen molar-refractivity contribution in [3.63, 3.8) is 0 Å². The highest BCUT2D eigenvalue weighted by molar-refractivity contribution is 5.79. The molecule has 0 saturated carbocycles. The first-order chi connectivity index (χ1) is 7.45. The maximum Gasteiger partial charge on any atom is 0.0561 e. The summed E-state index contributed by atoms with van der Waals surface area (Å²) >= 11 is 0. The van der Waals surface area contributed by atoms with Crippen molar-refractivity contribution in [1.29, 1.82) is 0 Å². The summed E-state index contributed by atoms with van der Waals surface area (Å²) in [5.41, 5.74) is 4.88. The zero-order chi connectivity index (χ0) is 10.3. The van der Waals surface area contributed by atoms with Crippen LogP contribution in [0.1, 0.15) is 5.56 Å². The molecule has 0 radical (unpaired) electrons. The van der Waals surface area contributed by atoms with Crippen LogP contribution in [0.5, 0.6) is 0 Å². The van der Waals surface area contributed by atoms with Crippen LogP contribution in [0.2, 0.25) is 0 Å². The molecular weight excluding hydrogens is 186 g/mol. The number of hydrazone groups is 1. The Morgan fingerprint density at radius 2 is 1.93 bits per heavy atom. The third-order valence-corrected chi connectivity index (χ3v) is 1.87. The molecule has 3 heteroatoms. The van der Waals surface area contributed by atoms with Gasteiger partial charge < -0.3 is 0 Å². The highest BCUT2D eigenvalue weighted by Gasteiger charge is 1.86. The molecule has 0 atom stereocenters. The maximum atomic E-state index is 4.10. The third kappa shape index (κ3) is 2.91. The zero-order valence-electron chi connectivity index (χ0n) is 8.17. The summed E-state index contributed by atoms with van der Waals surface area (Å²) < 4.78 is 0. The van der Waals surface area contributed by atoms with Crippen molar-refractivity contribution in [2.24, 2.45) is 5.10 Å². The van der Waals surface area contributed by atoms with Crippen LogP contribution >= 0.6 is 0 Å². The maximum absolute atomic E-state index is 4.10. The number of rotatable bonds is 3. The normalized spacial score (nSPS) is 10.4. The Labute approximate surface area is 88.5 Å². The Morgan fingerprint density at radius 1 is 1.07 bits per heavy atom. The van der Waals surface area contributed by atoms with Gasteiger partial charge in [-0.25, -0.2) is 0 Å². The lowest BCUT2D eigenvalue weighted by atomic mass is 10.3. The van der Waals surface area contributed by atoms with Gasteiger partial charge in [0.2, 0.25) is 0 Å². The van der Waals surface area contributed by atoms with Crippen molar-refractivity contribution < 1.29 is 0 Å². The number of hydrogen-bond donors (Lipinski definition) is 1. The summed E-state index contributed by atoms with van der Waals surface area (Å²) in [5.74, 6) is 0. The van der Waals surface area contributed by atoms with E-state index in [4.69, 9.17) is 0 Å². The largest absolute Gasteiger partial charge is 0.279 e. The Morgan fingerprint density at radius 3 is 2.67 bits per heavy atom. The SMILES string of the molecule is C(=NNc1ccccc1)c1cccnc1. The van der Waals surface area contributed by atoms with Crippen molar-refractivity contribution >= 4 is 11.9 Å². The molecule has 2 aromatic rings. The molecule has 0 aliphatic rings. The number of anilines is 1. The highest BCUT2D eigenvalue weighted by atomic mass is 15.3. The molecule has 3 nitrogen and oxygen atoms in total. The van der Waals surface area contributed by atoms with E-state index in [2.05, 4.69) is 15.5 Å². The molecule has 1 aromatic heterocycles. The molecule has 0 unspecified atom stereocenters. The number of benzene rings is 1. The summed E-state index contributed by atoms with van der Waals surface area (Å²) in [5, 5.41) is 4.10. The van der Waals surface area contributed by atoms with Crippen LogP contribution < -0.4 is 5.43 Å². The molecular formula is C12H11N3. The van der Waals surface area contributed by atoms with E-state index in [9.17, 15) is 0 Å². The van der Waals surface area contributed by atoms with Gasteiger partial charge in [0.25, 0.3) is 0 Å². The minimum atomic E-state index is 0.970. The molecule has 0 saturated heterocycles. The van der Waals surface area contributed by atoms with Gasteiger partial charge in [-0.3, -0.25) is 10.4 Å². The molecule has 1 heterocycles. The fraction of sp³-hybridized carbons (Fsp3) is 0. The fourth-order valence-corrected chi connectivity index (χ4v) is 1.15. The van der Waals surface area contributed by atoms with E-state index in [0.29, 0.717) is 0 Å². The smallest absolute Gasteiger partial charge is 0.0561 e. The molecule has 0 bridgehead atoms. The van der Waals surface area contributed by atoms with Crippen LogP contribution in [-0.2, 0) is 0 Å². The molecule has 2 rings (SSSR count). The van der Waals surface area contributed by atoms with Crippen LogP contribution in [0.4, 0.5) is 5.69 Å². The second kappa shape index (κ2) is 4.91. The third-order valence-electron chi connectivity index (χ3n) is 1.87. The van der Waals surface area contributed by atoms with Crippen molar-refractivity contribution in [3.05, 3.63) is 60.4 Å². The monoisotopic (exact) mass is 197 g/mol. The van der Waals surface area contributed by atoms with Gasteiger partial charge in [-0.05, 0) is 18.2 Å². The van der Waals surface area contributed by atoms with Crippen LogP contribution in [0.3, 0.4) is 0 Å². The Bertz CT molecular complexity index is 423. The summed E-state index contributed by atoms with van der Waals surface area (Å²) in [6, 6.07) is 13.6.